The molecule has 4 nitrogen and oxygen atoms in total. The van der Waals surface area contributed by atoms with Gasteiger partial charge in [-0.1, -0.05) is 18.2 Å². The van der Waals surface area contributed by atoms with Crippen molar-refractivity contribution in [1.82, 2.24) is 4.90 Å². The summed E-state index contributed by atoms with van der Waals surface area (Å²) in [6.45, 7) is 2.92. The Labute approximate surface area is 117 Å². The van der Waals surface area contributed by atoms with Crippen molar-refractivity contribution in [3.63, 3.8) is 0 Å². The van der Waals surface area contributed by atoms with Gasteiger partial charge in [0, 0.05) is 18.2 Å². The number of fused-ring (bicyclic) bond motifs is 3. The molecule has 102 valence electrons. The van der Waals surface area contributed by atoms with Crippen molar-refractivity contribution in [3.05, 3.63) is 42.0 Å². The van der Waals surface area contributed by atoms with Crippen molar-refractivity contribution in [2.24, 2.45) is 5.92 Å². The molecule has 0 radical (unpaired) electrons. The Hall–Kier alpha value is -1.81. The predicted octanol–water partition coefficient (Wildman–Crippen LogP) is 2.00. The molecule has 2 bridgehead atoms. The highest BCUT2D eigenvalue weighted by atomic mass is 16.5. The van der Waals surface area contributed by atoms with Gasteiger partial charge in [-0.05, 0) is 31.6 Å². The number of hydrogen-bond donors (Lipinski definition) is 1. The molecule has 1 aromatic rings. The third-order valence-corrected chi connectivity index (χ3v) is 5.26. The Morgan fingerprint density at radius 2 is 2.20 bits per heavy atom. The molecule has 1 amide bonds. The monoisotopic (exact) mass is 268 g/mol. The maximum Gasteiger partial charge on any atom is 0.257 e. The molecule has 2 fully saturated rings. The normalized spacial score (nSPS) is 43.2. The van der Waals surface area contributed by atoms with Crippen LogP contribution in [0.25, 0.3) is 0 Å². The van der Waals surface area contributed by atoms with Crippen LogP contribution >= 0.6 is 0 Å². The van der Waals surface area contributed by atoms with Crippen LogP contribution in [0.15, 0.2) is 36.4 Å². The summed E-state index contributed by atoms with van der Waals surface area (Å²) in [7, 11) is 0. The van der Waals surface area contributed by atoms with Gasteiger partial charge in [-0.15, -0.1) is 0 Å². The molecule has 4 heterocycles. The Balaban J connectivity index is 1.64. The second kappa shape index (κ2) is 3.09. The van der Waals surface area contributed by atoms with E-state index in [0.717, 1.165) is 24.2 Å². The first-order chi connectivity index (χ1) is 9.61. The van der Waals surface area contributed by atoms with Gasteiger partial charge in [0.1, 0.15) is 11.8 Å². The number of nitrogens with zero attached hydrogens (tertiary/aromatic N) is 1. The Morgan fingerprint density at radius 1 is 1.35 bits per heavy atom. The second-order valence-electron chi connectivity index (χ2n) is 6.55. The van der Waals surface area contributed by atoms with Crippen molar-refractivity contribution in [2.75, 3.05) is 11.9 Å². The number of anilines is 1. The van der Waals surface area contributed by atoms with Crippen LogP contribution in [0.5, 0.6) is 0 Å². The van der Waals surface area contributed by atoms with Crippen molar-refractivity contribution in [1.29, 1.82) is 0 Å². The maximum atomic E-state index is 12.7. The molecule has 0 saturated carbocycles. The topological polar surface area (TPSA) is 41.6 Å². The minimum absolute atomic E-state index is 0.0736. The van der Waals surface area contributed by atoms with Gasteiger partial charge in [-0.2, -0.15) is 0 Å². The first kappa shape index (κ1) is 10.9. The van der Waals surface area contributed by atoms with E-state index >= 15 is 0 Å². The molecule has 4 atom stereocenters. The van der Waals surface area contributed by atoms with E-state index < -0.39 is 0 Å². The molecule has 2 saturated heterocycles. The van der Waals surface area contributed by atoms with Gasteiger partial charge < -0.3 is 15.0 Å². The Kier molecular flexibility index (Phi) is 1.69. The molecule has 4 heteroatoms. The number of hydrogen-bond acceptors (Lipinski definition) is 3. The molecule has 1 aromatic carbocycles. The van der Waals surface area contributed by atoms with E-state index in [1.54, 1.807) is 0 Å². The SMILES string of the molecule is C[C@]12C=C[C@]3(O1)[C@H](CN1C(=O)c4ccccc4N[C@@H]13)C2. The van der Waals surface area contributed by atoms with E-state index in [1.165, 1.54) is 0 Å². The van der Waals surface area contributed by atoms with Crippen LogP contribution in [-0.4, -0.2) is 34.7 Å². The number of para-hydroxylation sites is 1. The van der Waals surface area contributed by atoms with Crippen LogP contribution in [0.3, 0.4) is 0 Å². The molecule has 1 N–H and O–H groups in total. The number of ether oxygens (including phenoxy) is 1. The van der Waals surface area contributed by atoms with Gasteiger partial charge in [0.05, 0.1) is 11.2 Å². The van der Waals surface area contributed by atoms with Crippen molar-refractivity contribution >= 4 is 11.6 Å². The molecule has 5 rings (SSSR count). The second-order valence-corrected chi connectivity index (χ2v) is 6.55. The lowest BCUT2D eigenvalue weighted by Gasteiger charge is -2.39. The summed E-state index contributed by atoms with van der Waals surface area (Å²) in [6.07, 6.45) is 5.28. The largest absolute Gasteiger partial charge is 0.362 e. The van der Waals surface area contributed by atoms with Crippen LogP contribution < -0.4 is 5.32 Å². The standard InChI is InChI=1S/C16H16N2O2/c1-15-6-7-16(20-15)10(8-15)9-18-13(19)11-4-2-3-5-12(11)17-14(16)18/h2-7,10,14,17H,8-9H2,1H3/t10-,14-,15+,16-/m0/s1. The van der Waals surface area contributed by atoms with Gasteiger partial charge >= 0.3 is 0 Å². The Morgan fingerprint density at radius 3 is 3.05 bits per heavy atom. The van der Waals surface area contributed by atoms with Gasteiger partial charge in [-0.25, -0.2) is 0 Å². The van der Waals surface area contributed by atoms with Crippen molar-refractivity contribution in [2.45, 2.75) is 30.7 Å². The van der Waals surface area contributed by atoms with E-state index in [0.29, 0.717) is 5.92 Å². The highest BCUT2D eigenvalue weighted by Gasteiger charge is 2.66. The average molecular weight is 268 g/mol. The molecule has 0 unspecified atom stereocenters. The molecule has 0 aromatic heterocycles. The zero-order valence-electron chi connectivity index (χ0n) is 11.3. The smallest absolute Gasteiger partial charge is 0.257 e. The van der Waals surface area contributed by atoms with E-state index in [9.17, 15) is 4.79 Å². The zero-order chi connectivity index (χ0) is 13.5. The van der Waals surface area contributed by atoms with Crippen LogP contribution in [0, 0.1) is 5.92 Å². The number of benzene rings is 1. The fraction of sp³-hybridized carbons (Fsp3) is 0.438. The van der Waals surface area contributed by atoms with Crippen molar-refractivity contribution < 1.29 is 9.53 Å². The molecule has 0 aliphatic carbocycles. The van der Waals surface area contributed by atoms with Crippen LogP contribution in [0.4, 0.5) is 5.69 Å². The van der Waals surface area contributed by atoms with Gasteiger partial charge in [0.25, 0.3) is 5.91 Å². The van der Waals surface area contributed by atoms with Crippen LogP contribution in [0.2, 0.25) is 0 Å². The highest BCUT2D eigenvalue weighted by molar-refractivity contribution is 6.02. The molecule has 20 heavy (non-hydrogen) atoms. The summed E-state index contributed by atoms with van der Waals surface area (Å²) in [6, 6.07) is 7.74. The van der Waals surface area contributed by atoms with Crippen LogP contribution in [0.1, 0.15) is 23.7 Å². The molecule has 4 aliphatic rings. The molecule has 4 aliphatic heterocycles. The number of amides is 1. The first-order valence-electron chi connectivity index (χ1n) is 7.18. The summed E-state index contributed by atoms with van der Waals surface area (Å²) < 4.78 is 6.34. The van der Waals surface area contributed by atoms with Gasteiger partial charge in [0.15, 0.2) is 0 Å². The Bertz CT molecular complexity index is 670. The minimum Gasteiger partial charge on any atom is -0.362 e. The summed E-state index contributed by atoms with van der Waals surface area (Å²) in [5, 5.41) is 3.53. The molecular weight excluding hydrogens is 252 g/mol. The number of carbonyl (C=O) groups excluding carboxylic acids is 1. The van der Waals surface area contributed by atoms with Gasteiger partial charge in [0.2, 0.25) is 0 Å². The number of nitrogens with one attached hydrogen (secondary N) is 1. The van der Waals surface area contributed by atoms with E-state index in [2.05, 4.69) is 24.4 Å². The third kappa shape index (κ3) is 1.07. The highest BCUT2D eigenvalue weighted by Crippen LogP contribution is 2.56. The number of carbonyl (C=O) groups is 1. The quantitative estimate of drug-likeness (QED) is 0.732. The van der Waals surface area contributed by atoms with E-state index in [4.69, 9.17) is 4.74 Å². The maximum absolute atomic E-state index is 12.7. The lowest BCUT2D eigenvalue weighted by molar-refractivity contribution is -0.0450. The summed E-state index contributed by atoms with van der Waals surface area (Å²) in [5.74, 6) is 0.520. The fourth-order valence-corrected chi connectivity index (χ4v) is 4.41. The first-order valence-corrected chi connectivity index (χ1v) is 7.18. The molecular formula is C16H16N2O2. The lowest BCUT2D eigenvalue weighted by Crippen LogP contribution is -2.54. The lowest BCUT2D eigenvalue weighted by atomic mass is 9.80. The fourth-order valence-electron chi connectivity index (χ4n) is 4.41. The third-order valence-electron chi connectivity index (χ3n) is 5.26. The number of rotatable bonds is 0. The summed E-state index contributed by atoms with van der Waals surface area (Å²) in [4.78, 5) is 14.6. The minimum atomic E-state index is -0.335. The van der Waals surface area contributed by atoms with E-state index in [1.807, 2.05) is 29.2 Å². The average Bonchev–Trinajstić information content (AvgIpc) is 3.02. The molecule has 1 spiro atoms. The van der Waals surface area contributed by atoms with Crippen molar-refractivity contribution in [3.8, 4) is 0 Å². The summed E-state index contributed by atoms with van der Waals surface area (Å²) >= 11 is 0. The van der Waals surface area contributed by atoms with Crippen LogP contribution in [-0.2, 0) is 4.74 Å². The van der Waals surface area contributed by atoms with Gasteiger partial charge in [-0.3, -0.25) is 4.79 Å². The summed E-state index contributed by atoms with van der Waals surface area (Å²) in [5.41, 5.74) is 1.22. The predicted molar refractivity (Wildman–Crippen MR) is 74.4 cm³/mol. The van der Waals surface area contributed by atoms with E-state index in [-0.39, 0.29) is 23.3 Å². The zero-order valence-corrected chi connectivity index (χ0v) is 11.3.